The zero-order valence-electron chi connectivity index (χ0n) is 21.2. The van der Waals surface area contributed by atoms with Crippen LogP contribution in [0.3, 0.4) is 0 Å². The van der Waals surface area contributed by atoms with E-state index in [1.165, 1.54) is 38.4 Å². The Labute approximate surface area is 218 Å². The number of rotatable bonds is 8. The lowest BCUT2D eigenvalue weighted by Crippen LogP contribution is -2.52. The molecule has 5 nitrogen and oxygen atoms in total. The maximum Gasteiger partial charge on any atom is 0.255 e. The second-order valence-electron chi connectivity index (χ2n) is 10.6. The number of Topliss-reactive ketones (excluding diaryl/α,β-unsaturated/α-hetero) is 1. The van der Waals surface area contributed by atoms with Gasteiger partial charge in [0.05, 0.1) is 17.6 Å². The molecule has 0 unspecified atom stereocenters. The average Bonchev–Trinajstić information content (AvgIpc) is 3.25. The molecule has 3 aromatic carbocycles. The lowest BCUT2D eigenvalue weighted by molar-refractivity contribution is -0.103. The summed E-state index contributed by atoms with van der Waals surface area (Å²) in [5.74, 6) is -0.625. The fraction of sp³-hybridized carbons (Fsp3) is 0.290. The number of carbonyl (C=O) groups is 2. The van der Waals surface area contributed by atoms with Gasteiger partial charge in [-0.25, -0.2) is 8.78 Å². The molecule has 0 saturated heterocycles. The molecule has 7 heteroatoms. The van der Waals surface area contributed by atoms with Gasteiger partial charge in [-0.15, -0.1) is 0 Å². The van der Waals surface area contributed by atoms with E-state index in [2.05, 4.69) is 5.32 Å². The van der Waals surface area contributed by atoms with Crippen LogP contribution in [0.2, 0.25) is 0 Å². The molecule has 0 atom stereocenters. The molecule has 1 heterocycles. The number of hydrogen-bond donors (Lipinski definition) is 1. The smallest absolute Gasteiger partial charge is 0.255 e. The van der Waals surface area contributed by atoms with Crippen LogP contribution in [0.15, 0.2) is 59.0 Å². The minimum atomic E-state index is -0.644. The molecule has 2 bridgehead atoms. The second kappa shape index (κ2) is 9.17. The van der Waals surface area contributed by atoms with Crippen LogP contribution < -0.4 is 5.32 Å². The highest BCUT2D eigenvalue weighted by Gasteiger charge is 2.56. The van der Waals surface area contributed by atoms with E-state index in [0.717, 1.165) is 25.2 Å². The van der Waals surface area contributed by atoms with Crippen LogP contribution in [0.1, 0.15) is 52.0 Å². The van der Waals surface area contributed by atoms with Crippen molar-refractivity contribution >= 4 is 22.7 Å². The first-order valence-electron chi connectivity index (χ1n) is 12.7. The van der Waals surface area contributed by atoms with Gasteiger partial charge >= 0.3 is 0 Å². The summed E-state index contributed by atoms with van der Waals surface area (Å²) in [4.78, 5) is 26.1. The van der Waals surface area contributed by atoms with Crippen LogP contribution >= 0.6 is 0 Å². The van der Waals surface area contributed by atoms with Gasteiger partial charge in [-0.05, 0) is 78.1 Å². The largest absolute Gasteiger partial charge is 0.455 e. The number of hydrogen-bond acceptors (Lipinski definition) is 4. The van der Waals surface area contributed by atoms with Gasteiger partial charge in [-0.2, -0.15) is 0 Å². The SMILES string of the molecule is CNC(=O)c1c(-c2ccc(F)cc2)oc2cc(COC)c(-c3cccc(C(=O)CC45CC(C4)C5)c3)c(F)c12. The van der Waals surface area contributed by atoms with Crippen molar-refractivity contribution in [1.29, 1.82) is 0 Å². The summed E-state index contributed by atoms with van der Waals surface area (Å²) in [6.07, 6.45) is 3.89. The molecule has 1 N–H and O–H groups in total. The molecule has 1 amide bonds. The molecule has 4 aromatic rings. The highest BCUT2D eigenvalue weighted by Crippen LogP contribution is 2.66. The maximum atomic E-state index is 16.5. The van der Waals surface area contributed by atoms with E-state index in [0.29, 0.717) is 28.7 Å². The lowest BCUT2D eigenvalue weighted by Gasteiger charge is -2.62. The summed E-state index contributed by atoms with van der Waals surface area (Å²) in [6.45, 7) is 0.0900. The Morgan fingerprint density at radius 1 is 1.05 bits per heavy atom. The van der Waals surface area contributed by atoms with E-state index in [9.17, 15) is 14.0 Å². The summed E-state index contributed by atoms with van der Waals surface area (Å²) in [7, 11) is 2.96. The summed E-state index contributed by atoms with van der Waals surface area (Å²) >= 11 is 0. The second-order valence-corrected chi connectivity index (χ2v) is 10.6. The van der Waals surface area contributed by atoms with Crippen molar-refractivity contribution in [3.63, 3.8) is 0 Å². The standard InChI is InChI=1S/C31H27F2NO4/c1-34-30(36)27-26-24(38-29(27)18-6-8-22(32)9-7-18)11-21(16-37-2)25(28(26)33)20-5-3-4-19(10-20)23(35)15-31-12-17(13-31)14-31/h3-11,17H,12-16H2,1-2H3,(H,34,36). The van der Waals surface area contributed by atoms with Crippen molar-refractivity contribution in [1.82, 2.24) is 5.32 Å². The Balaban J connectivity index is 1.51. The average molecular weight is 516 g/mol. The van der Waals surface area contributed by atoms with E-state index < -0.39 is 17.5 Å². The van der Waals surface area contributed by atoms with Crippen LogP contribution in [-0.2, 0) is 11.3 Å². The number of fused-ring (bicyclic) bond motifs is 1. The Kier molecular flexibility index (Phi) is 5.91. The van der Waals surface area contributed by atoms with E-state index in [-0.39, 0.29) is 45.7 Å². The summed E-state index contributed by atoms with van der Waals surface area (Å²) in [5.41, 5.74) is 2.63. The normalized spacial score (nSPS) is 19.6. The molecule has 1 aromatic heterocycles. The first-order chi connectivity index (χ1) is 18.3. The molecular formula is C31H27F2NO4. The molecule has 38 heavy (non-hydrogen) atoms. The van der Waals surface area contributed by atoms with Crippen molar-refractivity contribution in [3.8, 4) is 22.5 Å². The van der Waals surface area contributed by atoms with Crippen LogP contribution in [0.25, 0.3) is 33.4 Å². The van der Waals surface area contributed by atoms with Crippen molar-refractivity contribution in [2.45, 2.75) is 32.3 Å². The van der Waals surface area contributed by atoms with Crippen molar-refractivity contribution in [3.05, 3.63) is 82.9 Å². The molecule has 0 spiro atoms. The number of halogens is 2. The number of amides is 1. The van der Waals surface area contributed by atoms with Gasteiger partial charge in [0.1, 0.15) is 23.0 Å². The molecular weight excluding hydrogens is 488 g/mol. The Hall–Kier alpha value is -3.84. The van der Waals surface area contributed by atoms with Gasteiger partial charge in [-0.1, -0.05) is 18.2 Å². The number of nitrogens with one attached hydrogen (secondary N) is 1. The van der Waals surface area contributed by atoms with Crippen LogP contribution in [-0.4, -0.2) is 25.8 Å². The number of carbonyl (C=O) groups excluding carboxylic acids is 2. The third kappa shape index (κ3) is 3.93. The zero-order valence-corrected chi connectivity index (χ0v) is 21.2. The summed E-state index contributed by atoms with van der Waals surface area (Å²) < 4.78 is 41.5. The van der Waals surface area contributed by atoms with Crippen LogP contribution in [0, 0.1) is 23.0 Å². The highest BCUT2D eigenvalue weighted by molar-refractivity contribution is 6.12. The summed E-state index contributed by atoms with van der Waals surface area (Å²) in [6, 6.07) is 14.1. The predicted molar refractivity (Wildman–Crippen MR) is 140 cm³/mol. The Morgan fingerprint density at radius 3 is 2.42 bits per heavy atom. The number of benzene rings is 3. The Morgan fingerprint density at radius 2 is 1.79 bits per heavy atom. The van der Waals surface area contributed by atoms with Gasteiger partial charge in [0.15, 0.2) is 5.78 Å². The molecule has 0 aliphatic heterocycles. The first kappa shape index (κ1) is 24.5. The molecule has 3 saturated carbocycles. The van der Waals surface area contributed by atoms with Crippen molar-refractivity contribution < 1.29 is 27.5 Å². The maximum absolute atomic E-state index is 16.5. The molecule has 3 fully saturated rings. The number of ether oxygens (including phenoxy) is 1. The fourth-order valence-electron chi connectivity index (χ4n) is 6.16. The number of methoxy groups -OCH3 is 1. The highest BCUT2D eigenvalue weighted by atomic mass is 19.1. The van der Waals surface area contributed by atoms with E-state index >= 15 is 4.39 Å². The van der Waals surface area contributed by atoms with Gasteiger partial charge < -0.3 is 14.5 Å². The fourth-order valence-corrected chi connectivity index (χ4v) is 6.16. The van der Waals surface area contributed by atoms with E-state index in [1.807, 2.05) is 0 Å². The summed E-state index contributed by atoms with van der Waals surface area (Å²) in [5, 5.41) is 2.58. The molecule has 194 valence electrons. The molecule has 3 aliphatic carbocycles. The third-order valence-electron chi connectivity index (χ3n) is 8.04. The number of furan rings is 1. The minimum absolute atomic E-state index is 0.0177. The monoisotopic (exact) mass is 515 g/mol. The van der Waals surface area contributed by atoms with Crippen LogP contribution in [0.5, 0.6) is 0 Å². The van der Waals surface area contributed by atoms with Gasteiger partial charge in [0, 0.05) is 37.3 Å². The van der Waals surface area contributed by atoms with Gasteiger partial charge in [0.2, 0.25) is 0 Å². The minimum Gasteiger partial charge on any atom is -0.455 e. The number of ketones is 1. The Bertz CT molecular complexity index is 1570. The third-order valence-corrected chi connectivity index (χ3v) is 8.04. The van der Waals surface area contributed by atoms with Crippen molar-refractivity contribution in [2.75, 3.05) is 14.2 Å². The van der Waals surface area contributed by atoms with E-state index in [4.69, 9.17) is 9.15 Å². The topological polar surface area (TPSA) is 68.5 Å². The van der Waals surface area contributed by atoms with Gasteiger partial charge in [-0.3, -0.25) is 9.59 Å². The van der Waals surface area contributed by atoms with E-state index in [1.54, 1.807) is 30.3 Å². The first-order valence-corrected chi connectivity index (χ1v) is 12.7. The predicted octanol–water partition coefficient (Wildman–Crippen LogP) is 6.92. The zero-order chi connectivity index (χ0) is 26.6. The van der Waals surface area contributed by atoms with Crippen molar-refractivity contribution in [2.24, 2.45) is 11.3 Å². The lowest BCUT2D eigenvalue weighted by atomic mass is 9.43. The van der Waals surface area contributed by atoms with Crippen LogP contribution in [0.4, 0.5) is 8.78 Å². The molecule has 0 radical (unpaired) electrons. The quantitative estimate of drug-likeness (QED) is 0.259. The molecule has 3 aliphatic rings. The molecule has 7 rings (SSSR count). The van der Waals surface area contributed by atoms with Gasteiger partial charge in [0.25, 0.3) is 5.91 Å².